The third-order valence-electron chi connectivity index (χ3n) is 14.0. The standard InChI is InChI=1S/4C14H19NO6/c4*1-7-2-4-8(5-3-7)13(19)15-10-12(18)11(17)9(6-16)21-14(10)20/h4*2-5,9-12,14,16-18,20H,6H2,1H3,(H,15,19)/t4*9-,10-,11-,12-,14?/m1111/s1. The van der Waals surface area contributed by atoms with E-state index >= 15 is 0 Å². The molecule has 0 aliphatic carbocycles. The maximum Gasteiger partial charge on any atom is 0.251 e. The summed E-state index contributed by atoms with van der Waals surface area (Å²) < 4.78 is 19.9. The topological polar surface area (TPSA) is 477 Å². The van der Waals surface area contributed by atoms with Gasteiger partial charge in [0.25, 0.3) is 23.6 Å². The van der Waals surface area contributed by atoms with Gasteiger partial charge in [0.2, 0.25) is 0 Å². The summed E-state index contributed by atoms with van der Waals surface area (Å²) in [5.74, 6) is -2.01. The third kappa shape index (κ3) is 18.0. The molecule has 8 rings (SSSR count). The number of nitrogens with one attached hydrogen (secondary N) is 4. The van der Waals surface area contributed by atoms with Gasteiger partial charge in [-0.2, -0.15) is 0 Å². The maximum atomic E-state index is 12.1. The zero-order chi connectivity index (χ0) is 62.3. The number of hydrogen-bond acceptors (Lipinski definition) is 24. The predicted molar refractivity (Wildman–Crippen MR) is 290 cm³/mol. The van der Waals surface area contributed by atoms with Crippen LogP contribution in [0.15, 0.2) is 97.1 Å². The van der Waals surface area contributed by atoms with E-state index in [1.165, 1.54) is 0 Å². The second-order valence-corrected chi connectivity index (χ2v) is 20.4. The predicted octanol–water partition coefficient (Wildman–Crippen LogP) is -5.90. The molecule has 4 aromatic rings. The quantitative estimate of drug-likeness (QED) is 0.0628. The summed E-state index contributed by atoms with van der Waals surface area (Å²) >= 11 is 0. The number of aliphatic hydroxyl groups excluding tert-OH is 16. The molecule has 4 amide bonds. The van der Waals surface area contributed by atoms with Gasteiger partial charge >= 0.3 is 0 Å². The van der Waals surface area contributed by atoms with Crippen molar-refractivity contribution < 1.29 is 120 Å². The van der Waals surface area contributed by atoms with Crippen molar-refractivity contribution in [2.45, 2.75) is 150 Å². The average Bonchev–Trinajstić information content (AvgIpc) is 2.84. The summed E-state index contributed by atoms with van der Waals surface area (Å²) in [5, 5.41) is 163. The van der Waals surface area contributed by atoms with Crippen molar-refractivity contribution in [2.24, 2.45) is 0 Å². The third-order valence-corrected chi connectivity index (χ3v) is 14.0. The van der Waals surface area contributed by atoms with Crippen LogP contribution in [0.1, 0.15) is 63.7 Å². The van der Waals surface area contributed by atoms with E-state index in [4.69, 9.17) is 39.4 Å². The van der Waals surface area contributed by atoms with Gasteiger partial charge in [-0.15, -0.1) is 0 Å². The van der Waals surface area contributed by atoms with Crippen LogP contribution in [0.2, 0.25) is 0 Å². The van der Waals surface area contributed by atoms with Gasteiger partial charge in [-0.25, -0.2) is 0 Å². The van der Waals surface area contributed by atoms with Gasteiger partial charge in [0, 0.05) is 22.3 Å². The molecule has 0 bridgehead atoms. The van der Waals surface area contributed by atoms with Crippen molar-refractivity contribution in [1.82, 2.24) is 21.3 Å². The minimum atomic E-state index is -1.52. The maximum absolute atomic E-state index is 12.1. The van der Waals surface area contributed by atoms with E-state index in [0.29, 0.717) is 22.3 Å². The Bertz CT molecular complexity index is 2330. The molecular formula is C56H76N4O24. The van der Waals surface area contributed by atoms with Crippen LogP contribution in [-0.2, 0) is 18.9 Å². The summed E-state index contributed by atoms with van der Waals surface area (Å²) in [6, 6.07) is 22.2. The first-order valence-corrected chi connectivity index (χ1v) is 26.5. The minimum Gasteiger partial charge on any atom is -0.394 e. The number of aliphatic hydroxyl groups is 16. The van der Waals surface area contributed by atoms with Crippen LogP contribution in [0.25, 0.3) is 0 Å². The van der Waals surface area contributed by atoms with Gasteiger partial charge in [0.05, 0.1) is 26.4 Å². The molecule has 4 aliphatic rings. The Hall–Kier alpha value is -6.04. The lowest BCUT2D eigenvalue weighted by atomic mass is 9.96. The van der Waals surface area contributed by atoms with Crippen LogP contribution >= 0.6 is 0 Å². The van der Waals surface area contributed by atoms with E-state index in [-0.39, 0.29) is 0 Å². The number of rotatable bonds is 12. The highest BCUT2D eigenvalue weighted by Crippen LogP contribution is 2.24. The molecule has 4 heterocycles. The summed E-state index contributed by atoms with van der Waals surface area (Å²) in [6.07, 6.45) is -21.8. The molecule has 0 spiro atoms. The van der Waals surface area contributed by atoms with Gasteiger partial charge in [-0.05, 0) is 76.2 Å². The molecule has 4 aliphatic heterocycles. The van der Waals surface area contributed by atoms with Gasteiger partial charge < -0.3 is 122 Å². The number of carbonyl (C=O) groups is 4. The second kappa shape index (κ2) is 31.9. The number of hydrogen-bond donors (Lipinski definition) is 20. The molecule has 20 atom stereocenters. The number of benzene rings is 4. The lowest BCUT2D eigenvalue weighted by molar-refractivity contribution is -0.252. The van der Waals surface area contributed by atoms with Crippen LogP contribution < -0.4 is 21.3 Å². The van der Waals surface area contributed by atoms with Crippen LogP contribution in [0.3, 0.4) is 0 Å². The van der Waals surface area contributed by atoms with E-state index in [1.54, 1.807) is 97.1 Å². The number of carbonyl (C=O) groups excluding carboxylic acids is 4. The van der Waals surface area contributed by atoms with E-state index in [2.05, 4.69) is 21.3 Å². The largest absolute Gasteiger partial charge is 0.394 e. The molecule has 0 aromatic heterocycles. The molecule has 0 saturated carbocycles. The van der Waals surface area contributed by atoms with Crippen molar-refractivity contribution in [3.05, 3.63) is 142 Å². The number of aryl methyl sites for hydroxylation is 4. The average molecular weight is 1190 g/mol. The molecule has 28 nitrogen and oxygen atoms in total. The number of ether oxygens (including phenoxy) is 4. The smallest absolute Gasteiger partial charge is 0.251 e. The van der Waals surface area contributed by atoms with Crippen molar-refractivity contribution in [3.8, 4) is 0 Å². The fourth-order valence-electron chi connectivity index (χ4n) is 8.77. The minimum absolute atomic E-state index is 0.360. The molecule has 20 N–H and O–H groups in total. The zero-order valence-electron chi connectivity index (χ0n) is 46.0. The van der Waals surface area contributed by atoms with Gasteiger partial charge in [-0.1, -0.05) is 70.8 Å². The summed E-state index contributed by atoms with van der Waals surface area (Å²) in [5.41, 5.74) is 5.42. The molecule has 4 unspecified atom stereocenters. The second-order valence-electron chi connectivity index (χ2n) is 20.4. The Morgan fingerprint density at radius 2 is 0.452 bits per heavy atom. The van der Waals surface area contributed by atoms with Crippen LogP contribution in [0, 0.1) is 27.7 Å². The molecular weight excluding hydrogens is 1110 g/mol. The summed E-state index contributed by atoms with van der Waals surface area (Å²) in [6.45, 7) is 5.35. The van der Waals surface area contributed by atoms with Gasteiger partial charge in [0.15, 0.2) is 25.2 Å². The zero-order valence-corrected chi connectivity index (χ0v) is 46.0. The molecule has 84 heavy (non-hydrogen) atoms. The van der Waals surface area contributed by atoms with E-state index in [1.807, 2.05) is 27.7 Å². The highest BCUT2D eigenvalue weighted by atomic mass is 16.6. The van der Waals surface area contributed by atoms with Crippen LogP contribution in [0.5, 0.6) is 0 Å². The van der Waals surface area contributed by atoms with E-state index in [9.17, 15) is 80.5 Å². The Morgan fingerprint density at radius 3 is 0.595 bits per heavy atom. The summed E-state index contributed by atoms with van der Waals surface area (Å²) in [4.78, 5) is 48.2. The lowest BCUT2D eigenvalue weighted by Crippen LogP contribution is -2.64. The molecule has 464 valence electrons. The Balaban J connectivity index is 0.000000205. The molecule has 0 radical (unpaired) electrons. The first kappa shape index (κ1) is 68.7. The first-order valence-electron chi connectivity index (χ1n) is 26.5. The van der Waals surface area contributed by atoms with E-state index in [0.717, 1.165) is 22.3 Å². The van der Waals surface area contributed by atoms with Crippen molar-refractivity contribution in [2.75, 3.05) is 26.4 Å². The van der Waals surface area contributed by atoms with Crippen molar-refractivity contribution in [1.29, 1.82) is 0 Å². The van der Waals surface area contributed by atoms with Gasteiger partial charge in [0.1, 0.15) is 97.4 Å². The number of amides is 4. The highest BCUT2D eigenvalue weighted by molar-refractivity contribution is 5.96. The van der Waals surface area contributed by atoms with Crippen molar-refractivity contribution in [3.63, 3.8) is 0 Å². The van der Waals surface area contributed by atoms with Crippen LogP contribution in [-0.4, -0.2) is 254 Å². The molecule has 4 fully saturated rings. The Kier molecular flexibility index (Phi) is 26.1. The SMILES string of the molecule is Cc1ccc(C(=O)N[C@H]2C(O)O[C@H](CO)[C@@H](O)[C@@H]2O)cc1.Cc1ccc(C(=O)N[C@H]2C(O)O[C@H](CO)[C@@H](O)[C@@H]2O)cc1.Cc1ccc(C(=O)N[C@H]2C(O)O[C@H](CO)[C@@H](O)[C@@H]2O)cc1.Cc1ccc(C(=O)N[C@H]2C(O)O[C@H](CO)[C@@H](O)[C@@H]2O)cc1. The Morgan fingerprint density at radius 1 is 0.298 bits per heavy atom. The monoisotopic (exact) mass is 1190 g/mol. The fourth-order valence-corrected chi connectivity index (χ4v) is 8.77. The normalized spacial score (nSPS) is 32.7. The molecule has 4 aromatic carbocycles. The molecule has 28 heteroatoms. The molecule has 4 saturated heterocycles. The fraction of sp³-hybridized carbons (Fsp3) is 0.500. The summed E-state index contributed by atoms with van der Waals surface area (Å²) in [7, 11) is 0. The van der Waals surface area contributed by atoms with Crippen molar-refractivity contribution >= 4 is 23.6 Å². The lowest BCUT2D eigenvalue weighted by Gasteiger charge is -2.40. The van der Waals surface area contributed by atoms with Gasteiger partial charge in [-0.3, -0.25) is 19.2 Å². The Labute approximate surface area is 481 Å². The van der Waals surface area contributed by atoms with E-state index < -0.39 is 173 Å². The highest BCUT2D eigenvalue weighted by Gasteiger charge is 2.48. The first-order chi connectivity index (χ1) is 39.7. The van der Waals surface area contributed by atoms with Crippen LogP contribution in [0.4, 0.5) is 0 Å².